The molecule has 1 aliphatic heterocycles. The van der Waals surface area contributed by atoms with Crippen molar-refractivity contribution in [2.75, 3.05) is 33.3 Å². The summed E-state index contributed by atoms with van der Waals surface area (Å²) in [5, 5.41) is 2.24. The fourth-order valence-electron chi connectivity index (χ4n) is 2.67. The lowest BCUT2D eigenvalue weighted by molar-refractivity contribution is -1.02. The van der Waals surface area contributed by atoms with Crippen LogP contribution in [0.15, 0.2) is 12.1 Å². The Morgan fingerprint density at radius 3 is 2.59 bits per heavy atom. The molecule has 0 aromatic carbocycles. The van der Waals surface area contributed by atoms with Crippen molar-refractivity contribution in [3.8, 4) is 0 Å². The number of alkyl carbamates (subject to hydrolysis) is 1. The van der Waals surface area contributed by atoms with E-state index < -0.39 is 6.09 Å². The molecular formula is C14H22ClN3O3S+2. The molecule has 0 unspecified atom stereocenters. The molecular weight excluding hydrogens is 326 g/mol. The minimum Gasteiger partial charge on any atom is -0.453 e. The van der Waals surface area contributed by atoms with E-state index in [1.165, 1.54) is 21.8 Å². The summed E-state index contributed by atoms with van der Waals surface area (Å²) in [5.41, 5.74) is 0. The minimum absolute atomic E-state index is 0.253. The van der Waals surface area contributed by atoms with E-state index in [0.29, 0.717) is 0 Å². The number of piperazine rings is 1. The van der Waals surface area contributed by atoms with Gasteiger partial charge in [-0.15, -0.1) is 11.3 Å². The number of carbonyl (C=O) groups is 2. The highest BCUT2D eigenvalue weighted by Crippen LogP contribution is 2.20. The van der Waals surface area contributed by atoms with Gasteiger partial charge in [-0.05, 0) is 19.1 Å². The molecule has 3 N–H and O–H groups in total. The van der Waals surface area contributed by atoms with Crippen molar-refractivity contribution < 1.29 is 24.1 Å². The molecule has 6 nitrogen and oxygen atoms in total. The van der Waals surface area contributed by atoms with Crippen LogP contribution in [0.4, 0.5) is 4.79 Å². The molecule has 22 heavy (non-hydrogen) atoms. The topological polar surface area (TPSA) is 64.3 Å². The standard InChI is InChI=1S/C14H20ClN3O3S/c1-10(13(19)16-14(20)21-2)18-7-5-17(6-8-18)9-11-3-4-12(15)22-11/h3-4,10H,5-9H2,1-2H3,(H,16,19,20)/p+2/t10-/m0/s1. The average molecular weight is 348 g/mol. The van der Waals surface area contributed by atoms with E-state index in [9.17, 15) is 9.59 Å². The quantitative estimate of drug-likeness (QED) is 0.651. The third kappa shape index (κ3) is 4.67. The summed E-state index contributed by atoms with van der Waals surface area (Å²) in [5.74, 6) is -0.282. The van der Waals surface area contributed by atoms with Gasteiger partial charge in [0.15, 0.2) is 6.04 Å². The molecule has 2 heterocycles. The van der Waals surface area contributed by atoms with Gasteiger partial charge in [-0.25, -0.2) is 4.79 Å². The van der Waals surface area contributed by atoms with Crippen LogP contribution in [0, 0.1) is 0 Å². The number of halogens is 1. The number of imide groups is 1. The van der Waals surface area contributed by atoms with Crippen LogP contribution in [0.25, 0.3) is 0 Å². The van der Waals surface area contributed by atoms with Crippen molar-refractivity contribution in [1.82, 2.24) is 5.32 Å². The fraction of sp³-hybridized carbons (Fsp3) is 0.571. The number of quaternary nitrogens is 2. The van der Waals surface area contributed by atoms with Gasteiger partial charge in [0.05, 0.1) is 16.3 Å². The van der Waals surface area contributed by atoms with Crippen LogP contribution in [0.5, 0.6) is 0 Å². The molecule has 0 aliphatic carbocycles. The second-order valence-corrected chi connectivity index (χ2v) is 7.29. The molecule has 1 atom stereocenters. The highest BCUT2D eigenvalue weighted by molar-refractivity contribution is 7.16. The van der Waals surface area contributed by atoms with E-state index in [-0.39, 0.29) is 11.9 Å². The number of amides is 2. The number of methoxy groups -OCH3 is 1. The third-order valence-corrected chi connectivity index (χ3v) is 5.30. The van der Waals surface area contributed by atoms with E-state index in [4.69, 9.17) is 11.6 Å². The third-order valence-electron chi connectivity index (χ3n) is 4.07. The Balaban J connectivity index is 1.78. The predicted molar refractivity (Wildman–Crippen MR) is 84.4 cm³/mol. The highest BCUT2D eigenvalue weighted by Gasteiger charge is 2.31. The van der Waals surface area contributed by atoms with Gasteiger partial charge < -0.3 is 14.5 Å². The fourth-order valence-corrected chi connectivity index (χ4v) is 3.83. The average Bonchev–Trinajstić information content (AvgIpc) is 2.92. The van der Waals surface area contributed by atoms with Gasteiger partial charge in [-0.1, -0.05) is 11.6 Å². The number of thiophene rings is 1. The molecule has 122 valence electrons. The summed E-state index contributed by atoms with van der Waals surface area (Å²) in [4.78, 5) is 27.0. The number of nitrogens with one attached hydrogen (secondary N) is 3. The van der Waals surface area contributed by atoms with Gasteiger partial charge in [0.2, 0.25) is 0 Å². The van der Waals surface area contributed by atoms with Crippen molar-refractivity contribution in [3.05, 3.63) is 21.3 Å². The Labute approximate surface area is 139 Å². The second-order valence-electron chi connectivity index (χ2n) is 5.49. The Morgan fingerprint density at radius 2 is 2.05 bits per heavy atom. The first kappa shape index (κ1) is 17.2. The van der Waals surface area contributed by atoms with Gasteiger partial charge in [0.25, 0.3) is 5.91 Å². The van der Waals surface area contributed by atoms with E-state index in [0.717, 1.165) is 37.1 Å². The lowest BCUT2D eigenvalue weighted by atomic mass is 10.2. The van der Waals surface area contributed by atoms with Crippen LogP contribution in [-0.4, -0.2) is 51.3 Å². The normalized spacial score (nSPS) is 22.9. The molecule has 2 amide bonds. The van der Waals surface area contributed by atoms with Crippen LogP contribution >= 0.6 is 22.9 Å². The first-order valence-electron chi connectivity index (χ1n) is 7.30. The van der Waals surface area contributed by atoms with Gasteiger partial charge in [-0.3, -0.25) is 10.1 Å². The maximum absolute atomic E-state index is 11.9. The molecule has 1 aromatic heterocycles. The Kier molecular flexibility index (Phi) is 6.19. The Bertz CT molecular complexity index is 529. The van der Waals surface area contributed by atoms with E-state index in [1.807, 2.05) is 13.0 Å². The number of ether oxygens (including phenoxy) is 1. The lowest BCUT2D eigenvalue weighted by Gasteiger charge is -2.32. The Morgan fingerprint density at radius 1 is 1.36 bits per heavy atom. The summed E-state index contributed by atoms with van der Waals surface area (Å²) in [7, 11) is 1.25. The second kappa shape index (κ2) is 7.92. The zero-order chi connectivity index (χ0) is 16.1. The minimum atomic E-state index is -0.699. The molecule has 8 heteroatoms. The van der Waals surface area contributed by atoms with E-state index in [1.54, 1.807) is 11.3 Å². The molecule has 1 aromatic rings. The monoisotopic (exact) mass is 347 g/mol. The summed E-state index contributed by atoms with van der Waals surface area (Å²) >= 11 is 7.58. The van der Waals surface area contributed by atoms with Gasteiger partial charge in [0, 0.05) is 0 Å². The highest BCUT2D eigenvalue weighted by atomic mass is 35.5. The summed E-state index contributed by atoms with van der Waals surface area (Å²) in [6.45, 7) is 6.64. The summed E-state index contributed by atoms with van der Waals surface area (Å²) in [6.07, 6.45) is -0.699. The van der Waals surface area contributed by atoms with Crippen molar-refractivity contribution >= 4 is 34.9 Å². The first-order chi connectivity index (χ1) is 10.5. The largest absolute Gasteiger partial charge is 0.453 e. The van der Waals surface area contributed by atoms with Crippen molar-refractivity contribution in [1.29, 1.82) is 0 Å². The van der Waals surface area contributed by atoms with Crippen LogP contribution in [0.2, 0.25) is 4.34 Å². The zero-order valence-corrected chi connectivity index (χ0v) is 14.4. The maximum atomic E-state index is 11.9. The van der Waals surface area contributed by atoms with Crippen LogP contribution in [0.1, 0.15) is 11.8 Å². The van der Waals surface area contributed by atoms with Crippen molar-refractivity contribution in [2.24, 2.45) is 0 Å². The Hall–Kier alpha value is -1.15. The van der Waals surface area contributed by atoms with Crippen LogP contribution in [0.3, 0.4) is 0 Å². The molecule has 1 saturated heterocycles. The maximum Gasteiger partial charge on any atom is 0.413 e. The molecule has 0 bridgehead atoms. The van der Waals surface area contributed by atoms with E-state index >= 15 is 0 Å². The predicted octanol–water partition coefficient (Wildman–Crippen LogP) is -1.04. The van der Waals surface area contributed by atoms with Crippen LogP contribution < -0.4 is 15.1 Å². The molecule has 0 radical (unpaired) electrons. The first-order valence-corrected chi connectivity index (χ1v) is 8.50. The van der Waals surface area contributed by atoms with Crippen molar-refractivity contribution in [2.45, 2.75) is 19.5 Å². The van der Waals surface area contributed by atoms with Crippen LogP contribution in [-0.2, 0) is 16.1 Å². The van der Waals surface area contributed by atoms with Gasteiger partial charge in [0.1, 0.15) is 32.7 Å². The number of hydrogen-bond acceptors (Lipinski definition) is 4. The number of hydrogen-bond donors (Lipinski definition) is 3. The smallest absolute Gasteiger partial charge is 0.413 e. The van der Waals surface area contributed by atoms with E-state index in [2.05, 4.69) is 16.1 Å². The SMILES string of the molecule is COC(=O)NC(=O)[C@H](C)[NH+]1CC[NH+](Cc2ccc(Cl)s2)CC1. The van der Waals surface area contributed by atoms with Crippen molar-refractivity contribution in [3.63, 3.8) is 0 Å². The number of carbonyl (C=O) groups excluding carboxylic acids is 2. The van der Waals surface area contributed by atoms with Gasteiger partial charge >= 0.3 is 6.09 Å². The summed E-state index contributed by atoms with van der Waals surface area (Å²) < 4.78 is 5.28. The van der Waals surface area contributed by atoms with Gasteiger partial charge in [-0.2, -0.15) is 0 Å². The molecule has 0 spiro atoms. The zero-order valence-electron chi connectivity index (χ0n) is 12.8. The summed E-state index contributed by atoms with van der Waals surface area (Å²) in [6, 6.07) is 3.75. The molecule has 2 rings (SSSR count). The molecule has 0 saturated carbocycles. The lowest BCUT2D eigenvalue weighted by Crippen LogP contribution is -3.29. The number of rotatable bonds is 4. The molecule has 1 aliphatic rings. The molecule has 1 fully saturated rings.